The highest BCUT2D eigenvalue weighted by molar-refractivity contribution is 5.97. The lowest BCUT2D eigenvalue weighted by molar-refractivity contribution is -0.141. The molecule has 6 heteroatoms. The molecule has 6 nitrogen and oxygen atoms in total. The Hall–Kier alpha value is -2.08. The Morgan fingerprint density at radius 1 is 1.25 bits per heavy atom. The van der Waals surface area contributed by atoms with Crippen LogP contribution in [0.4, 0.5) is 0 Å². The number of methoxy groups -OCH3 is 1. The minimum Gasteiger partial charge on any atom is -0.494 e. The van der Waals surface area contributed by atoms with Gasteiger partial charge in [-0.15, -0.1) is 0 Å². The summed E-state index contributed by atoms with van der Waals surface area (Å²) in [5, 5.41) is 9.31. The van der Waals surface area contributed by atoms with Gasteiger partial charge in [0.1, 0.15) is 11.8 Å². The van der Waals surface area contributed by atoms with Gasteiger partial charge in [-0.3, -0.25) is 4.79 Å². The van der Waals surface area contributed by atoms with Crippen LogP contribution in [0.1, 0.15) is 43.0 Å². The van der Waals surface area contributed by atoms with E-state index in [1.807, 2.05) is 0 Å². The molecule has 0 bridgehead atoms. The Bertz CT molecular complexity index is 557. The lowest BCUT2D eigenvalue weighted by atomic mass is 10.1. The number of carboxylic acid groups (broad SMARTS) is 1. The molecule has 1 aromatic carbocycles. The number of carbonyl (C=O) groups excluding carboxylic acids is 1. The van der Waals surface area contributed by atoms with E-state index in [1.165, 1.54) is 12.0 Å². The van der Waals surface area contributed by atoms with Crippen molar-refractivity contribution in [3.05, 3.63) is 29.8 Å². The molecule has 2 unspecified atom stereocenters. The first kappa shape index (κ1) is 18.3. The standard InChI is InChI=1S/C18H25NO5/c1-3-4-5-10-24-14-8-6-13(7-9-14)17(20)19-12-15(23-2)11-16(19)18(21)22/h6-9,15-16H,3-5,10-12H2,1-2H3,(H,21,22). The molecule has 1 heterocycles. The van der Waals surface area contributed by atoms with Crippen LogP contribution >= 0.6 is 0 Å². The summed E-state index contributed by atoms with van der Waals surface area (Å²) in [7, 11) is 1.53. The zero-order chi connectivity index (χ0) is 17.5. The first-order chi connectivity index (χ1) is 11.6. The van der Waals surface area contributed by atoms with Crippen molar-refractivity contribution in [1.82, 2.24) is 4.90 Å². The van der Waals surface area contributed by atoms with E-state index in [4.69, 9.17) is 9.47 Å². The van der Waals surface area contributed by atoms with Gasteiger partial charge in [0.25, 0.3) is 5.91 Å². The maximum Gasteiger partial charge on any atom is 0.326 e. The minimum absolute atomic E-state index is 0.240. The fourth-order valence-corrected chi connectivity index (χ4v) is 2.83. The second kappa shape index (κ2) is 8.68. The highest BCUT2D eigenvalue weighted by Gasteiger charge is 2.40. The van der Waals surface area contributed by atoms with E-state index in [2.05, 4.69) is 6.92 Å². The van der Waals surface area contributed by atoms with Crippen molar-refractivity contribution in [3.63, 3.8) is 0 Å². The van der Waals surface area contributed by atoms with Crippen LogP contribution < -0.4 is 4.74 Å². The number of benzene rings is 1. The van der Waals surface area contributed by atoms with Gasteiger partial charge in [0, 0.05) is 25.6 Å². The SMILES string of the molecule is CCCCCOc1ccc(C(=O)N2CC(OC)CC2C(=O)O)cc1. The molecule has 0 aliphatic carbocycles. The number of hydrogen-bond donors (Lipinski definition) is 1. The van der Waals surface area contributed by atoms with Crippen LogP contribution in [0.15, 0.2) is 24.3 Å². The van der Waals surface area contributed by atoms with E-state index in [0.717, 1.165) is 19.3 Å². The van der Waals surface area contributed by atoms with Gasteiger partial charge in [0.15, 0.2) is 0 Å². The molecule has 1 aliphatic rings. The van der Waals surface area contributed by atoms with Crippen LogP contribution in [0.25, 0.3) is 0 Å². The topological polar surface area (TPSA) is 76.1 Å². The van der Waals surface area contributed by atoms with Crippen LogP contribution in [0.2, 0.25) is 0 Å². The fourth-order valence-electron chi connectivity index (χ4n) is 2.83. The Labute approximate surface area is 142 Å². The molecule has 24 heavy (non-hydrogen) atoms. The van der Waals surface area contributed by atoms with E-state index >= 15 is 0 Å². The number of nitrogens with zero attached hydrogens (tertiary/aromatic N) is 1. The van der Waals surface area contributed by atoms with Gasteiger partial charge in [0.05, 0.1) is 12.7 Å². The van der Waals surface area contributed by atoms with E-state index in [0.29, 0.717) is 30.9 Å². The van der Waals surface area contributed by atoms with Gasteiger partial charge >= 0.3 is 5.97 Å². The smallest absolute Gasteiger partial charge is 0.326 e. The Kier molecular flexibility index (Phi) is 6.61. The molecule has 1 fully saturated rings. The second-order valence-electron chi connectivity index (χ2n) is 5.98. The number of amides is 1. The molecule has 2 rings (SSSR count). The van der Waals surface area contributed by atoms with E-state index in [-0.39, 0.29) is 12.0 Å². The lowest BCUT2D eigenvalue weighted by Crippen LogP contribution is -2.40. The van der Waals surface area contributed by atoms with Crippen LogP contribution in [0.3, 0.4) is 0 Å². The Balaban J connectivity index is 1.99. The maximum absolute atomic E-state index is 12.6. The lowest BCUT2D eigenvalue weighted by Gasteiger charge is -2.21. The molecule has 0 spiro atoms. The summed E-state index contributed by atoms with van der Waals surface area (Å²) in [6.07, 6.45) is 3.35. The average molecular weight is 335 g/mol. The van der Waals surface area contributed by atoms with Gasteiger partial charge in [-0.2, -0.15) is 0 Å². The van der Waals surface area contributed by atoms with Gasteiger partial charge < -0.3 is 19.5 Å². The summed E-state index contributed by atoms with van der Waals surface area (Å²) in [5.41, 5.74) is 0.457. The van der Waals surface area contributed by atoms with Gasteiger partial charge in [-0.1, -0.05) is 19.8 Å². The van der Waals surface area contributed by atoms with E-state index in [1.54, 1.807) is 24.3 Å². The summed E-state index contributed by atoms with van der Waals surface area (Å²) in [6, 6.07) is 6.01. The van der Waals surface area contributed by atoms with Gasteiger partial charge in [-0.05, 0) is 30.7 Å². The summed E-state index contributed by atoms with van der Waals surface area (Å²) < 4.78 is 10.8. The van der Waals surface area contributed by atoms with Crippen molar-refractivity contribution in [2.24, 2.45) is 0 Å². The zero-order valence-electron chi connectivity index (χ0n) is 14.2. The highest BCUT2D eigenvalue weighted by atomic mass is 16.5. The molecule has 132 valence electrons. The monoisotopic (exact) mass is 335 g/mol. The Morgan fingerprint density at radius 2 is 1.96 bits per heavy atom. The third-order valence-electron chi connectivity index (χ3n) is 4.26. The molecule has 0 radical (unpaired) electrons. The van der Waals surface area contributed by atoms with Crippen LogP contribution in [-0.4, -0.2) is 54.3 Å². The number of carbonyl (C=O) groups is 2. The molecular weight excluding hydrogens is 310 g/mol. The van der Waals surface area contributed by atoms with Crippen molar-refractivity contribution >= 4 is 11.9 Å². The van der Waals surface area contributed by atoms with Crippen LogP contribution in [0, 0.1) is 0 Å². The summed E-state index contributed by atoms with van der Waals surface area (Å²) >= 11 is 0. The van der Waals surface area contributed by atoms with Crippen molar-refractivity contribution in [3.8, 4) is 5.75 Å². The summed E-state index contributed by atoms with van der Waals surface area (Å²) in [6.45, 7) is 3.09. The predicted molar refractivity (Wildman–Crippen MR) is 89.3 cm³/mol. The summed E-state index contributed by atoms with van der Waals surface area (Å²) in [4.78, 5) is 25.3. The number of ether oxygens (including phenoxy) is 2. The Morgan fingerprint density at radius 3 is 2.54 bits per heavy atom. The van der Waals surface area contributed by atoms with Crippen molar-refractivity contribution in [1.29, 1.82) is 0 Å². The molecule has 1 aliphatic heterocycles. The summed E-state index contributed by atoms with van der Waals surface area (Å²) in [5.74, 6) is -0.577. The first-order valence-electron chi connectivity index (χ1n) is 8.36. The largest absolute Gasteiger partial charge is 0.494 e. The minimum atomic E-state index is -1.00. The third-order valence-corrected chi connectivity index (χ3v) is 4.26. The number of carboxylic acids is 1. The van der Waals surface area contributed by atoms with E-state index < -0.39 is 12.0 Å². The van der Waals surface area contributed by atoms with Crippen molar-refractivity contribution < 1.29 is 24.2 Å². The molecular formula is C18H25NO5. The number of hydrogen-bond acceptors (Lipinski definition) is 4. The zero-order valence-corrected chi connectivity index (χ0v) is 14.2. The fraction of sp³-hybridized carbons (Fsp3) is 0.556. The molecule has 2 atom stereocenters. The number of rotatable bonds is 8. The van der Waals surface area contributed by atoms with E-state index in [9.17, 15) is 14.7 Å². The normalized spacial score (nSPS) is 20.2. The van der Waals surface area contributed by atoms with Crippen molar-refractivity contribution in [2.75, 3.05) is 20.3 Å². The molecule has 1 aromatic rings. The second-order valence-corrected chi connectivity index (χ2v) is 5.98. The molecule has 1 saturated heterocycles. The molecule has 0 saturated carbocycles. The predicted octanol–water partition coefficient (Wildman–Crippen LogP) is 2.57. The number of likely N-dealkylation sites (tertiary alicyclic amines) is 1. The quantitative estimate of drug-likeness (QED) is 0.739. The molecule has 0 aromatic heterocycles. The third kappa shape index (κ3) is 4.47. The number of aliphatic carboxylic acids is 1. The molecule has 1 amide bonds. The van der Waals surface area contributed by atoms with Crippen LogP contribution in [0.5, 0.6) is 5.75 Å². The molecule has 1 N–H and O–H groups in total. The van der Waals surface area contributed by atoms with Crippen LogP contribution in [-0.2, 0) is 9.53 Å². The average Bonchev–Trinajstić information content (AvgIpc) is 3.03. The van der Waals surface area contributed by atoms with Gasteiger partial charge in [-0.25, -0.2) is 4.79 Å². The first-order valence-corrected chi connectivity index (χ1v) is 8.36. The number of unbranched alkanes of at least 4 members (excludes halogenated alkanes) is 2. The highest BCUT2D eigenvalue weighted by Crippen LogP contribution is 2.23. The van der Waals surface area contributed by atoms with Gasteiger partial charge in [0.2, 0.25) is 0 Å². The van der Waals surface area contributed by atoms with Crippen molar-refractivity contribution in [2.45, 2.75) is 44.8 Å². The maximum atomic E-state index is 12.6.